The highest BCUT2D eigenvalue weighted by molar-refractivity contribution is 8.77. The largest absolute Gasteiger partial charge is 0.450 e. The van der Waals surface area contributed by atoms with E-state index in [9.17, 15) is 9.59 Å². The van der Waals surface area contributed by atoms with Crippen molar-refractivity contribution in [1.29, 1.82) is 5.26 Å². The first-order valence-electron chi connectivity index (χ1n) is 7.25. The predicted molar refractivity (Wildman–Crippen MR) is 92.7 cm³/mol. The molecule has 0 heterocycles. The molecule has 2 N–H and O–H groups in total. The molecule has 0 aromatic heterocycles. The van der Waals surface area contributed by atoms with Crippen molar-refractivity contribution in [2.24, 2.45) is 5.73 Å². The summed E-state index contributed by atoms with van der Waals surface area (Å²) in [5.74, 6) is 0.303. The highest BCUT2D eigenvalue weighted by Gasteiger charge is 2.16. The van der Waals surface area contributed by atoms with Gasteiger partial charge < -0.3 is 14.4 Å². The minimum atomic E-state index is -0.487. The Balaban J connectivity index is 4.17. The van der Waals surface area contributed by atoms with Gasteiger partial charge in [0.25, 0.3) is 0 Å². The summed E-state index contributed by atoms with van der Waals surface area (Å²) in [5, 5.41) is 8.33. The molecule has 0 aromatic carbocycles. The molecule has 0 spiro atoms. The Kier molecular flexibility index (Phi) is 11.7. The first kappa shape index (κ1) is 21.9. The van der Waals surface area contributed by atoms with Crippen molar-refractivity contribution >= 4 is 33.7 Å². The molecule has 23 heavy (non-hydrogen) atoms. The molecule has 0 fully saturated rings. The maximum Gasteiger partial charge on any atom is 0.411 e. The topological polar surface area (TPSA) is 106 Å². The van der Waals surface area contributed by atoms with Gasteiger partial charge in [0.05, 0.1) is 0 Å². The third-order valence-electron chi connectivity index (χ3n) is 2.33. The molecule has 9 heteroatoms. The summed E-state index contributed by atoms with van der Waals surface area (Å²) >= 11 is 0. The maximum atomic E-state index is 11.8. The monoisotopic (exact) mass is 363 g/mol. The van der Waals surface area contributed by atoms with Crippen LogP contribution in [0.4, 0.5) is 4.79 Å². The summed E-state index contributed by atoms with van der Waals surface area (Å²) in [6.07, 6.45) is 0.109. The van der Waals surface area contributed by atoms with Crippen molar-refractivity contribution in [3.8, 4) is 6.07 Å². The second-order valence-electron chi connectivity index (χ2n) is 5.50. The van der Waals surface area contributed by atoms with Crippen LogP contribution in [0.3, 0.4) is 0 Å². The highest BCUT2D eigenvalue weighted by atomic mass is 33.1. The number of ether oxygens (including phenoxy) is 2. The van der Waals surface area contributed by atoms with E-state index in [2.05, 4.69) is 25.5 Å². The Hall–Kier alpha value is -1.11. The zero-order valence-corrected chi connectivity index (χ0v) is 15.5. The van der Waals surface area contributed by atoms with Gasteiger partial charge in [-0.15, -0.1) is 0 Å². The molecule has 0 atom stereocenters. The third-order valence-corrected chi connectivity index (χ3v) is 5.65. The second kappa shape index (κ2) is 12.3. The SMILES string of the molecule is CC(C)(C)SSCCN(CCCC(=O)OCC#N)C(=O)OCN. The van der Waals surface area contributed by atoms with Crippen LogP contribution in [0.5, 0.6) is 0 Å². The lowest BCUT2D eigenvalue weighted by atomic mass is 10.3. The van der Waals surface area contributed by atoms with E-state index in [1.165, 1.54) is 4.90 Å². The van der Waals surface area contributed by atoms with Crippen LogP contribution in [0.15, 0.2) is 0 Å². The molecule has 0 rings (SSSR count). The van der Waals surface area contributed by atoms with Crippen molar-refractivity contribution in [2.75, 3.05) is 32.2 Å². The van der Waals surface area contributed by atoms with Crippen molar-refractivity contribution in [3.05, 3.63) is 0 Å². The van der Waals surface area contributed by atoms with Crippen LogP contribution >= 0.6 is 21.6 Å². The Morgan fingerprint density at radius 3 is 2.52 bits per heavy atom. The van der Waals surface area contributed by atoms with Gasteiger partial charge in [0, 0.05) is 30.0 Å². The molecule has 0 aliphatic carbocycles. The number of carbonyl (C=O) groups excluding carboxylic acids is 2. The number of carbonyl (C=O) groups is 2. The summed E-state index contributed by atoms with van der Waals surface area (Å²) in [5.41, 5.74) is 5.23. The number of hydrogen-bond acceptors (Lipinski definition) is 8. The Morgan fingerprint density at radius 1 is 1.26 bits per heavy atom. The number of nitriles is 1. The minimum absolute atomic E-state index is 0.151. The van der Waals surface area contributed by atoms with E-state index in [0.29, 0.717) is 19.5 Å². The van der Waals surface area contributed by atoms with Crippen LogP contribution in [0, 0.1) is 11.3 Å². The number of rotatable bonds is 10. The molecule has 0 saturated heterocycles. The fourth-order valence-electron chi connectivity index (χ4n) is 1.42. The van der Waals surface area contributed by atoms with Gasteiger partial charge in [0.1, 0.15) is 12.8 Å². The summed E-state index contributed by atoms with van der Waals surface area (Å²) < 4.78 is 9.62. The van der Waals surface area contributed by atoms with E-state index in [1.807, 2.05) is 0 Å². The van der Waals surface area contributed by atoms with Crippen molar-refractivity contribution in [1.82, 2.24) is 4.90 Å². The Morgan fingerprint density at radius 2 is 1.96 bits per heavy atom. The van der Waals surface area contributed by atoms with Gasteiger partial charge in [-0.05, 0) is 6.42 Å². The van der Waals surface area contributed by atoms with E-state index in [0.717, 1.165) is 5.75 Å². The first-order chi connectivity index (χ1) is 10.8. The predicted octanol–water partition coefficient (Wildman–Crippen LogP) is 2.37. The van der Waals surface area contributed by atoms with E-state index >= 15 is 0 Å². The Bertz CT molecular complexity index is 408. The van der Waals surface area contributed by atoms with Crippen LogP contribution in [0.1, 0.15) is 33.6 Å². The van der Waals surface area contributed by atoms with Crippen molar-refractivity contribution < 1.29 is 19.1 Å². The highest BCUT2D eigenvalue weighted by Crippen LogP contribution is 2.34. The van der Waals surface area contributed by atoms with E-state index in [-0.39, 0.29) is 24.5 Å². The van der Waals surface area contributed by atoms with Gasteiger partial charge in [-0.2, -0.15) is 5.26 Å². The van der Waals surface area contributed by atoms with Crippen molar-refractivity contribution in [2.45, 2.75) is 38.4 Å². The molecule has 0 bridgehead atoms. The third kappa shape index (κ3) is 13.1. The van der Waals surface area contributed by atoms with Gasteiger partial charge in [-0.3, -0.25) is 10.5 Å². The molecule has 1 amide bonds. The lowest BCUT2D eigenvalue weighted by molar-refractivity contribution is -0.142. The van der Waals surface area contributed by atoms with E-state index < -0.39 is 12.1 Å². The fourth-order valence-corrected chi connectivity index (χ4v) is 3.69. The average Bonchev–Trinajstić information content (AvgIpc) is 2.46. The molecule has 0 unspecified atom stereocenters. The quantitative estimate of drug-likeness (QED) is 0.273. The van der Waals surface area contributed by atoms with Gasteiger partial charge in [0.2, 0.25) is 0 Å². The van der Waals surface area contributed by atoms with Gasteiger partial charge in [0.15, 0.2) is 6.61 Å². The number of esters is 1. The molecule has 0 aliphatic rings. The fraction of sp³-hybridized carbons (Fsp3) is 0.786. The zero-order valence-electron chi connectivity index (χ0n) is 13.9. The molecular weight excluding hydrogens is 338 g/mol. The van der Waals surface area contributed by atoms with Gasteiger partial charge in [-0.1, -0.05) is 42.4 Å². The second-order valence-corrected chi connectivity index (χ2v) is 8.75. The molecule has 7 nitrogen and oxygen atoms in total. The number of amides is 1. The number of hydrogen-bond donors (Lipinski definition) is 1. The molecule has 0 saturated carbocycles. The minimum Gasteiger partial charge on any atom is -0.450 e. The van der Waals surface area contributed by atoms with Crippen LogP contribution in [0.25, 0.3) is 0 Å². The molecule has 0 radical (unpaired) electrons. The molecule has 0 aromatic rings. The number of nitrogens with two attached hydrogens (primary N) is 1. The van der Waals surface area contributed by atoms with Crippen molar-refractivity contribution in [3.63, 3.8) is 0 Å². The Labute approximate surface area is 145 Å². The summed E-state index contributed by atoms with van der Waals surface area (Å²) in [6, 6.07) is 1.73. The first-order valence-corrected chi connectivity index (χ1v) is 9.57. The molecular formula is C14H25N3O4S2. The van der Waals surface area contributed by atoms with E-state index in [4.69, 9.17) is 15.7 Å². The lowest BCUT2D eigenvalue weighted by Gasteiger charge is -2.22. The van der Waals surface area contributed by atoms with Crippen LogP contribution in [-0.4, -0.2) is 53.9 Å². The molecule has 0 aliphatic heterocycles. The standard InChI is InChI=1S/C14H25N3O4S2/c1-14(2,3)23-22-10-8-17(13(19)21-11-16)7-4-5-12(18)20-9-6-15/h4-5,7-11,16H2,1-3H3. The van der Waals surface area contributed by atoms with Crippen LogP contribution in [0.2, 0.25) is 0 Å². The summed E-state index contributed by atoms with van der Waals surface area (Å²) in [7, 11) is 3.43. The van der Waals surface area contributed by atoms with Gasteiger partial charge >= 0.3 is 12.1 Å². The van der Waals surface area contributed by atoms with Gasteiger partial charge in [-0.25, -0.2) is 4.79 Å². The number of nitrogens with zero attached hydrogens (tertiary/aromatic N) is 2. The lowest BCUT2D eigenvalue weighted by Crippen LogP contribution is -2.35. The zero-order chi connectivity index (χ0) is 17.7. The van der Waals surface area contributed by atoms with Crippen LogP contribution < -0.4 is 5.73 Å². The summed E-state index contributed by atoms with van der Waals surface area (Å²) in [6.45, 7) is 6.83. The smallest absolute Gasteiger partial charge is 0.411 e. The normalized spacial score (nSPS) is 10.7. The molecule has 132 valence electrons. The average molecular weight is 364 g/mol. The van der Waals surface area contributed by atoms with E-state index in [1.54, 1.807) is 27.7 Å². The maximum absolute atomic E-state index is 11.8. The van der Waals surface area contributed by atoms with Crippen LogP contribution in [-0.2, 0) is 14.3 Å². The summed E-state index contributed by atoms with van der Waals surface area (Å²) in [4.78, 5) is 24.7.